The standard InChI is InChI=1S/C14H11ClF3NO2/c15-12-7-10(19)4-5-13(12)20-8-9-2-1-3-11(6-9)21-14(16,17)18/h1-7H,8,19H2. The van der Waals surface area contributed by atoms with E-state index in [0.29, 0.717) is 22.0 Å². The summed E-state index contributed by atoms with van der Waals surface area (Å²) in [7, 11) is 0. The average Bonchev–Trinajstić information content (AvgIpc) is 2.36. The van der Waals surface area contributed by atoms with Crippen molar-refractivity contribution in [3.05, 3.63) is 53.1 Å². The van der Waals surface area contributed by atoms with Crippen LogP contribution in [0.1, 0.15) is 5.56 Å². The van der Waals surface area contributed by atoms with Crippen molar-refractivity contribution >= 4 is 17.3 Å². The van der Waals surface area contributed by atoms with Crippen LogP contribution < -0.4 is 15.2 Å². The van der Waals surface area contributed by atoms with Gasteiger partial charge < -0.3 is 15.2 Å². The number of anilines is 1. The number of hydrogen-bond acceptors (Lipinski definition) is 3. The lowest BCUT2D eigenvalue weighted by Crippen LogP contribution is -2.17. The summed E-state index contributed by atoms with van der Waals surface area (Å²) in [5.74, 6) is 0.0972. The van der Waals surface area contributed by atoms with Crippen molar-refractivity contribution in [2.45, 2.75) is 13.0 Å². The minimum absolute atomic E-state index is 0.0543. The lowest BCUT2D eigenvalue weighted by molar-refractivity contribution is -0.274. The maximum atomic E-state index is 12.1. The highest BCUT2D eigenvalue weighted by atomic mass is 35.5. The zero-order chi connectivity index (χ0) is 15.5. The molecule has 0 fully saturated rings. The summed E-state index contributed by atoms with van der Waals surface area (Å²) in [5, 5.41) is 0.331. The van der Waals surface area contributed by atoms with Gasteiger partial charge in [0.25, 0.3) is 0 Å². The molecule has 0 aliphatic heterocycles. The predicted molar refractivity (Wildman–Crippen MR) is 73.3 cm³/mol. The van der Waals surface area contributed by atoms with Gasteiger partial charge in [-0.25, -0.2) is 0 Å². The van der Waals surface area contributed by atoms with Crippen LogP contribution in [0, 0.1) is 0 Å². The summed E-state index contributed by atoms with van der Waals surface area (Å²) in [4.78, 5) is 0. The summed E-state index contributed by atoms with van der Waals surface area (Å²) in [6, 6.07) is 10.3. The normalized spacial score (nSPS) is 11.2. The summed E-state index contributed by atoms with van der Waals surface area (Å²) < 4.78 is 45.7. The van der Waals surface area contributed by atoms with Gasteiger partial charge in [0.2, 0.25) is 0 Å². The molecule has 2 N–H and O–H groups in total. The molecule has 2 aromatic carbocycles. The number of alkyl halides is 3. The Bertz CT molecular complexity index is 632. The second kappa shape index (κ2) is 6.13. The van der Waals surface area contributed by atoms with E-state index in [2.05, 4.69) is 4.74 Å². The van der Waals surface area contributed by atoms with E-state index in [4.69, 9.17) is 22.1 Å². The molecule has 0 saturated carbocycles. The van der Waals surface area contributed by atoms with E-state index < -0.39 is 6.36 Å². The topological polar surface area (TPSA) is 44.5 Å². The van der Waals surface area contributed by atoms with E-state index in [9.17, 15) is 13.2 Å². The van der Waals surface area contributed by atoms with Crippen molar-refractivity contribution < 1.29 is 22.6 Å². The Kier molecular flexibility index (Phi) is 4.47. The quantitative estimate of drug-likeness (QED) is 0.850. The highest BCUT2D eigenvalue weighted by Crippen LogP contribution is 2.28. The number of nitrogen functional groups attached to an aromatic ring is 1. The molecule has 0 unspecified atom stereocenters. The van der Waals surface area contributed by atoms with Crippen LogP contribution in [0.4, 0.5) is 18.9 Å². The Morgan fingerprint density at radius 1 is 1.10 bits per heavy atom. The van der Waals surface area contributed by atoms with Gasteiger partial charge in [-0.1, -0.05) is 23.7 Å². The Hall–Kier alpha value is -2.08. The van der Waals surface area contributed by atoms with E-state index >= 15 is 0 Å². The molecule has 0 atom stereocenters. The highest BCUT2D eigenvalue weighted by Gasteiger charge is 2.31. The van der Waals surface area contributed by atoms with Gasteiger partial charge in [-0.3, -0.25) is 0 Å². The molecule has 0 aliphatic carbocycles. The van der Waals surface area contributed by atoms with Gasteiger partial charge in [0, 0.05) is 5.69 Å². The minimum Gasteiger partial charge on any atom is -0.487 e. The first kappa shape index (κ1) is 15.3. The van der Waals surface area contributed by atoms with Gasteiger partial charge in [-0.2, -0.15) is 0 Å². The van der Waals surface area contributed by atoms with Crippen molar-refractivity contribution in [2.24, 2.45) is 0 Å². The molecule has 0 saturated heterocycles. The summed E-state index contributed by atoms with van der Waals surface area (Å²) in [6.45, 7) is 0.0543. The average molecular weight is 318 g/mol. The van der Waals surface area contributed by atoms with Crippen molar-refractivity contribution in [1.29, 1.82) is 0 Å². The minimum atomic E-state index is -4.72. The number of hydrogen-bond donors (Lipinski definition) is 1. The molecular formula is C14H11ClF3NO2. The van der Waals surface area contributed by atoms with E-state index in [1.54, 1.807) is 18.2 Å². The van der Waals surface area contributed by atoms with Gasteiger partial charge in [0.05, 0.1) is 5.02 Å². The molecule has 112 valence electrons. The molecule has 3 nitrogen and oxygen atoms in total. The number of nitrogens with two attached hydrogens (primary N) is 1. The summed E-state index contributed by atoms with van der Waals surface area (Å²) >= 11 is 5.94. The molecule has 0 amide bonds. The number of rotatable bonds is 4. The largest absolute Gasteiger partial charge is 0.573 e. The Labute approximate surface area is 124 Å². The lowest BCUT2D eigenvalue weighted by atomic mass is 10.2. The zero-order valence-electron chi connectivity index (χ0n) is 10.7. The number of halogens is 4. The van der Waals surface area contributed by atoms with E-state index in [1.165, 1.54) is 24.3 Å². The predicted octanol–water partition coefficient (Wildman–Crippen LogP) is 4.40. The summed E-state index contributed by atoms with van der Waals surface area (Å²) in [5.41, 5.74) is 6.56. The molecule has 0 aromatic heterocycles. The van der Waals surface area contributed by atoms with E-state index in [1.807, 2.05) is 0 Å². The first-order valence-electron chi connectivity index (χ1n) is 5.86. The third kappa shape index (κ3) is 4.75. The van der Waals surface area contributed by atoms with Gasteiger partial charge in [-0.05, 0) is 35.9 Å². The van der Waals surface area contributed by atoms with Gasteiger partial charge in [0.15, 0.2) is 0 Å². The third-order valence-corrected chi connectivity index (χ3v) is 2.78. The zero-order valence-corrected chi connectivity index (χ0v) is 11.4. The number of ether oxygens (including phenoxy) is 2. The van der Waals surface area contributed by atoms with Crippen LogP contribution in [-0.4, -0.2) is 6.36 Å². The van der Waals surface area contributed by atoms with Crippen molar-refractivity contribution in [1.82, 2.24) is 0 Å². The fourth-order valence-corrected chi connectivity index (χ4v) is 1.87. The Morgan fingerprint density at radius 3 is 2.52 bits per heavy atom. The first-order valence-corrected chi connectivity index (χ1v) is 6.24. The molecule has 0 radical (unpaired) electrons. The monoisotopic (exact) mass is 317 g/mol. The summed E-state index contributed by atoms with van der Waals surface area (Å²) in [6.07, 6.45) is -4.72. The second-order valence-electron chi connectivity index (χ2n) is 4.17. The van der Waals surface area contributed by atoms with Crippen molar-refractivity contribution in [2.75, 3.05) is 5.73 Å². The first-order chi connectivity index (χ1) is 9.83. The maximum Gasteiger partial charge on any atom is 0.573 e. The highest BCUT2D eigenvalue weighted by molar-refractivity contribution is 6.32. The van der Waals surface area contributed by atoms with Gasteiger partial charge in [0.1, 0.15) is 18.1 Å². The molecule has 0 bridgehead atoms. The van der Waals surface area contributed by atoms with Crippen LogP contribution in [0.3, 0.4) is 0 Å². The van der Waals surface area contributed by atoms with Crippen LogP contribution in [-0.2, 0) is 6.61 Å². The third-order valence-electron chi connectivity index (χ3n) is 2.48. The Balaban J connectivity index is 2.05. The van der Waals surface area contributed by atoms with Gasteiger partial charge >= 0.3 is 6.36 Å². The molecule has 0 spiro atoms. The van der Waals surface area contributed by atoms with Crippen molar-refractivity contribution in [3.8, 4) is 11.5 Å². The number of benzene rings is 2. The molecule has 2 rings (SSSR count). The molecule has 2 aromatic rings. The smallest absolute Gasteiger partial charge is 0.487 e. The molecule has 0 aliphatic rings. The Morgan fingerprint density at radius 2 is 1.86 bits per heavy atom. The fourth-order valence-electron chi connectivity index (χ4n) is 1.63. The van der Waals surface area contributed by atoms with Crippen LogP contribution in [0.2, 0.25) is 5.02 Å². The SMILES string of the molecule is Nc1ccc(OCc2cccc(OC(F)(F)F)c2)c(Cl)c1. The van der Waals surface area contributed by atoms with Crippen LogP contribution in [0.15, 0.2) is 42.5 Å². The van der Waals surface area contributed by atoms with Crippen LogP contribution in [0.25, 0.3) is 0 Å². The molecule has 7 heteroatoms. The maximum absolute atomic E-state index is 12.1. The van der Waals surface area contributed by atoms with Crippen molar-refractivity contribution in [3.63, 3.8) is 0 Å². The van der Waals surface area contributed by atoms with Crippen LogP contribution in [0.5, 0.6) is 11.5 Å². The molecular weight excluding hydrogens is 307 g/mol. The van der Waals surface area contributed by atoms with Gasteiger partial charge in [-0.15, -0.1) is 13.2 Å². The lowest BCUT2D eigenvalue weighted by Gasteiger charge is -2.11. The fraction of sp³-hybridized carbons (Fsp3) is 0.143. The second-order valence-corrected chi connectivity index (χ2v) is 4.58. The van der Waals surface area contributed by atoms with E-state index in [-0.39, 0.29) is 12.4 Å². The molecule has 0 heterocycles. The van der Waals surface area contributed by atoms with E-state index in [0.717, 1.165) is 0 Å². The molecule has 21 heavy (non-hydrogen) atoms. The van der Waals surface area contributed by atoms with Crippen LogP contribution >= 0.6 is 11.6 Å².